The number of nitrogens with zero attached hydrogens (tertiary/aromatic N) is 1. The largest absolute Gasteiger partial charge is 0.492 e. The normalized spacial score (nSPS) is 10.7. The van der Waals surface area contributed by atoms with Crippen LogP contribution in [0.2, 0.25) is 0 Å². The van der Waals surface area contributed by atoms with Crippen LogP contribution in [0.4, 0.5) is 5.69 Å². The number of nitro groups is 1. The highest BCUT2D eigenvalue weighted by Gasteiger charge is 2.04. The SMILES string of the molecule is CCCc1ccc(OCCNC(=O)/C=C/c2cccc([N+](=O)[O-])c2)cc1. The van der Waals surface area contributed by atoms with Crippen molar-refractivity contribution in [2.45, 2.75) is 19.8 Å². The van der Waals surface area contributed by atoms with Crippen LogP contribution in [0, 0.1) is 10.1 Å². The first-order valence-electron chi connectivity index (χ1n) is 8.50. The average Bonchev–Trinajstić information content (AvgIpc) is 2.65. The van der Waals surface area contributed by atoms with Crippen molar-refractivity contribution < 1.29 is 14.5 Å². The summed E-state index contributed by atoms with van der Waals surface area (Å²) < 4.78 is 5.58. The van der Waals surface area contributed by atoms with Crippen molar-refractivity contribution in [2.75, 3.05) is 13.2 Å². The minimum atomic E-state index is -0.469. The number of carbonyl (C=O) groups is 1. The van der Waals surface area contributed by atoms with Gasteiger partial charge in [-0.2, -0.15) is 0 Å². The first-order valence-corrected chi connectivity index (χ1v) is 8.50. The Morgan fingerprint density at radius 1 is 1.23 bits per heavy atom. The number of ether oxygens (including phenoxy) is 1. The van der Waals surface area contributed by atoms with Gasteiger partial charge < -0.3 is 10.1 Å². The summed E-state index contributed by atoms with van der Waals surface area (Å²) in [7, 11) is 0. The van der Waals surface area contributed by atoms with Crippen LogP contribution < -0.4 is 10.1 Å². The fraction of sp³-hybridized carbons (Fsp3) is 0.250. The molecule has 2 aromatic rings. The number of hydrogen-bond acceptors (Lipinski definition) is 4. The fourth-order valence-electron chi connectivity index (χ4n) is 2.36. The van der Waals surface area contributed by atoms with E-state index >= 15 is 0 Å². The summed E-state index contributed by atoms with van der Waals surface area (Å²) in [6.45, 7) is 2.87. The van der Waals surface area contributed by atoms with E-state index in [1.807, 2.05) is 24.3 Å². The Labute approximate surface area is 152 Å². The predicted octanol–water partition coefficient (Wildman–Crippen LogP) is 3.76. The molecule has 6 heteroatoms. The van der Waals surface area contributed by atoms with Crippen molar-refractivity contribution >= 4 is 17.7 Å². The van der Waals surface area contributed by atoms with Gasteiger partial charge in [-0.15, -0.1) is 0 Å². The van der Waals surface area contributed by atoms with Gasteiger partial charge in [0, 0.05) is 18.2 Å². The molecule has 0 heterocycles. The lowest BCUT2D eigenvalue weighted by atomic mass is 10.1. The molecule has 2 rings (SSSR count). The van der Waals surface area contributed by atoms with Crippen LogP contribution in [-0.4, -0.2) is 24.0 Å². The van der Waals surface area contributed by atoms with Crippen LogP contribution in [0.25, 0.3) is 6.08 Å². The van der Waals surface area contributed by atoms with E-state index in [1.54, 1.807) is 12.1 Å². The van der Waals surface area contributed by atoms with Gasteiger partial charge in [0.15, 0.2) is 0 Å². The van der Waals surface area contributed by atoms with E-state index in [0.717, 1.165) is 18.6 Å². The van der Waals surface area contributed by atoms with Gasteiger partial charge in [-0.25, -0.2) is 0 Å². The number of aryl methyl sites for hydroxylation is 1. The first-order chi connectivity index (χ1) is 12.6. The lowest BCUT2D eigenvalue weighted by Gasteiger charge is -2.07. The van der Waals surface area contributed by atoms with Crippen LogP contribution in [0.5, 0.6) is 5.75 Å². The molecule has 0 aliphatic rings. The molecule has 0 aliphatic heterocycles. The van der Waals surface area contributed by atoms with Gasteiger partial charge in [-0.05, 0) is 35.8 Å². The smallest absolute Gasteiger partial charge is 0.270 e. The Morgan fingerprint density at radius 3 is 2.69 bits per heavy atom. The third kappa shape index (κ3) is 6.39. The molecule has 2 aromatic carbocycles. The van der Waals surface area contributed by atoms with Crippen molar-refractivity contribution in [3.63, 3.8) is 0 Å². The number of benzene rings is 2. The Kier molecular flexibility index (Phi) is 7.36. The summed E-state index contributed by atoms with van der Waals surface area (Å²) in [6, 6.07) is 14.0. The van der Waals surface area contributed by atoms with Crippen molar-refractivity contribution in [3.8, 4) is 5.75 Å². The third-order valence-electron chi connectivity index (χ3n) is 3.64. The lowest BCUT2D eigenvalue weighted by molar-refractivity contribution is -0.384. The molecule has 0 saturated heterocycles. The zero-order valence-corrected chi connectivity index (χ0v) is 14.7. The first kappa shape index (κ1) is 19.2. The van der Waals surface area contributed by atoms with Crippen LogP contribution >= 0.6 is 0 Å². The van der Waals surface area contributed by atoms with Gasteiger partial charge in [-0.1, -0.05) is 37.6 Å². The number of rotatable bonds is 9. The van der Waals surface area contributed by atoms with Crippen LogP contribution in [0.1, 0.15) is 24.5 Å². The van der Waals surface area contributed by atoms with E-state index in [4.69, 9.17) is 4.74 Å². The second kappa shape index (κ2) is 9.98. The summed E-state index contributed by atoms with van der Waals surface area (Å²) >= 11 is 0. The van der Waals surface area contributed by atoms with Gasteiger partial charge in [0.1, 0.15) is 12.4 Å². The molecule has 0 aromatic heterocycles. The zero-order valence-electron chi connectivity index (χ0n) is 14.7. The van der Waals surface area contributed by atoms with E-state index in [1.165, 1.54) is 29.8 Å². The van der Waals surface area contributed by atoms with Crippen molar-refractivity contribution in [1.82, 2.24) is 5.32 Å². The van der Waals surface area contributed by atoms with Gasteiger partial charge in [0.2, 0.25) is 5.91 Å². The Bertz CT molecular complexity index is 770. The molecule has 136 valence electrons. The molecule has 0 saturated carbocycles. The number of carbonyl (C=O) groups excluding carboxylic acids is 1. The van der Waals surface area contributed by atoms with Crippen LogP contribution in [0.15, 0.2) is 54.6 Å². The summed E-state index contributed by atoms with van der Waals surface area (Å²) in [5.41, 5.74) is 1.86. The van der Waals surface area contributed by atoms with Gasteiger partial charge in [0.05, 0.1) is 11.5 Å². The molecule has 0 unspecified atom stereocenters. The summed E-state index contributed by atoms with van der Waals surface area (Å²) in [6.07, 6.45) is 5.04. The van der Waals surface area contributed by atoms with E-state index in [-0.39, 0.29) is 11.6 Å². The molecule has 0 aliphatic carbocycles. The minimum absolute atomic E-state index is 0.00841. The van der Waals surface area contributed by atoms with Crippen molar-refractivity contribution in [2.24, 2.45) is 0 Å². The molecule has 1 amide bonds. The molecular formula is C20H22N2O4. The standard InChI is InChI=1S/C20H22N2O4/c1-2-4-16-7-10-19(11-8-16)26-14-13-21-20(23)12-9-17-5-3-6-18(15-17)22(24)25/h3,5-12,15H,2,4,13-14H2,1H3,(H,21,23)/b12-9+. The van der Waals surface area contributed by atoms with Crippen LogP contribution in [0.3, 0.4) is 0 Å². The quantitative estimate of drug-likeness (QED) is 0.322. The number of hydrogen-bond donors (Lipinski definition) is 1. The predicted molar refractivity (Wildman–Crippen MR) is 101 cm³/mol. The molecule has 0 atom stereocenters. The highest BCUT2D eigenvalue weighted by atomic mass is 16.6. The topological polar surface area (TPSA) is 81.5 Å². The number of nitrogens with one attached hydrogen (secondary N) is 1. The Hall–Kier alpha value is -3.15. The third-order valence-corrected chi connectivity index (χ3v) is 3.64. The maximum atomic E-state index is 11.8. The maximum absolute atomic E-state index is 11.8. The fourth-order valence-corrected chi connectivity index (χ4v) is 2.36. The van der Waals surface area contributed by atoms with Crippen LogP contribution in [-0.2, 0) is 11.2 Å². The molecule has 1 N–H and O–H groups in total. The molecule has 0 bridgehead atoms. The van der Waals surface area contributed by atoms with E-state index in [0.29, 0.717) is 18.7 Å². The maximum Gasteiger partial charge on any atom is 0.270 e. The highest BCUT2D eigenvalue weighted by Crippen LogP contribution is 2.14. The van der Waals surface area contributed by atoms with E-state index < -0.39 is 4.92 Å². The lowest BCUT2D eigenvalue weighted by Crippen LogP contribution is -2.26. The summed E-state index contributed by atoms with van der Waals surface area (Å²) in [5.74, 6) is 0.490. The number of non-ortho nitro benzene ring substituents is 1. The van der Waals surface area contributed by atoms with E-state index in [9.17, 15) is 14.9 Å². The molecule has 26 heavy (non-hydrogen) atoms. The summed E-state index contributed by atoms with van der Waals surface area (Å²) in [5, 5.41) is 13.4. The molecule has 6 nitrogen and oxygen atoms in total. The second-order valence-corrected chi connectivity index (χ2v) is 5.72. The van der Waals surface area contributed by atoms with Crippen molar-refractivity contribution in [1.29, 1.82) is 0 Å². The van der Waals surface area contributed by atoms with Crippen molar-refractivity contribution in [3.05, 3.63) is 75.8 Å². The van der Waals surface area contributed by atoms with E-state index in [2.05, 4.69) is 12.2 Å². The molecule has 0 spiro atoms. The number of nitro benzene ring substituents is 1. The molecule has 0 radical (unpaired) electrons. The van der Waals surface area contributed by atoms with Gasteiger partial charge >= 0.3 is 0 Å². The van der Waals surface area contributed by atoms with Gasteiger partial charge in [-0.3, -0.25) is 14.9 Å². The average molecular weight is 354 g/mol. The Morgan fingerprint density at radius 2 is 2.00 bits per heavy atom. The second-order valence-electron chi connectivity index (χ2n) is 5.72. The molecular weight excluding hydrogens is 332 g/mol. The zero-order chi connectivity index (χ0) is 18.8. The monoisotopic (exact) mass is 354 g/mol. The Balaban J connectivity index is 1.73. The molecule has 0 fully saturated rings. The highest BCUT2D eigenvalue weighted by molar-refractivity contribution is 5.91. The van der Waals surface area contributed by atoms with Gasteiger partial charge in [0.25, 0.3) is 5.69 Å². The number of amides is 1. The minimum Gasteiger partial charge on any atom is -0.492 e. The summed E-state index contributed by atoms with van der Waals surface area (Å²) in [4.78, 5) is 22.0.